The normalized spacial score (nSPS) is 14.3. The summed E-state index contributed by atoms with van der Waals surface area (Å²) in [4.78, 5) is 1.19. The van der Waals surface area contributed by atoms with E-state index < -0.39 is 0 Å². The highest BCUT2D eigenvalue weighted by Crippen LogP contribution is 2.28. The van der Waals surface area contributed by atoms with Crippen molar-refractivity contribution in [3.05, 3.63) is 29.3 Å². The Morgan fingerprint density at radius 2 is 2.00 bits per heavy atom. The predicted molar refractivity (Wildman–Crippen MR) is 88.3 cm³/mol. The first-order valence-corrected chi connectivity index (χ1v) is 8.64. The van der Waals surface area contributed by atoms with Crippen molar-refractivity contribution in [3.63, 3.8) is 0 Å². The van der Waals surface area contributed by atoms with Crippen LogP contribution in [0.3, 0.4) is 0 Å². The predicted octanol–water partition coefficient (Wildman–Crippen LogP) is 5.24. The second-order valence-electron chi connectivity index (χ2n) is 5.13. The lowest BCUT2D eigenvalue weighted by molar-refractivity contribution is 0.409. The van der Waals surface area contributed by atoms with Crippen molar-refractivity contribution in [1.82, 2.24) is 5.32 Å². The molecule has 1 rings (SSSR count). The van der Waals surface area contributed by atoms with Crippen LogP contribution in [-0.2, 0) is 0 Å². The Kier molecular flexibility index (Phi) is 8.60. The zero-order valence-electron chi connectivity index (χ0n) is 12.3. The maximum absolute atomic E-state index is 6.20. The highest BCUT2D eigenvalue weighted by molar-refractivity contribution is 7.99. The van der Waals surface area contributed by atoms with Crippen LogP contribution in [0.4, 0.5) is 0 Å². The van der Waals surface area contributed by atoms with Crippen LogP contribution in [0.2, 0.25) is 5.02 Å². The van der Waals surface area contributed by atoms with Gasteiger partial charge in [-0.3, -0.25) is 0 Å². The Morgan fingerprint density at radius 3 is 2.63 bits per heavy atom. The molecule has 1 aromatic rings. The summed E-state index contributed by atoms with van der Waals surface area (Å²) in [6, 6.07) is 8.68. The van der Waals surface area contributed by atoms with E-state index >= 15 is 0 Å². The van der Waals surface area contributed by atoms with Crippen molar-refractivity contribution in [1.29, 1.82) is 0 Å². The van der Waals surface area contributed by atoms with Crippen LogP contribution < -0.4 is 5.32 Å². The Balaban J connectivity index is 2.47. The van der Waals surface area contributed by atoms with Gasteiger partial charge in [0.2, 0.25) is 0 Å². The largest absolute Gasteiger partial charge is 0.313 e. The average Bonchev–Trinajstić information content (AvgIpc) is 2.38. The van der Waals surface area contributed by atoms with Crippen LogP contribution >= 0.6 is 23.4 Å². The fourth-order valence-corrected chi connectivity index (χ4v) is 3.66. The van der Waals surface area contributed by atoms with Gasteiger partial charge in [-0.2, -0.15) is 0 Å². The summed E-state index contributed by atoms with van der Waals surface area (Å²) in [6.07, 6.45) is 3.84. The minimum atomic E-state index is 0.577. The summed E-state index contributed by atoms with van der Waals surface area (Å²) in [5.41, 5.74) is 0. The van der Waals surface area contributed by atoms with E-state index in [0.29, 0.717) is 6.04 Å². The van der Waals surface area contributed by atoms with Gasteiger partial charge in [0.15, 0.2) is 0 Å². The van der Waals surface area contributed by atoms with E-state index in [0.717, 1.165) is 23.2 Å². The molecular weight excluding hydrogens is 274 g/mol. The van der Waals surface area contributed by atoms with Crippen LogP contribution in [-0.4, -0.2) is 18.3 Å². The quantitative estimate of drug-likeness (QED) is 0.626. The van der Waals surface area contributed by atoms with Crippen LogP contribution in [0.5, 0.6) is 0 Å². The molecule has 0 aliphatic rings. The van der Waals surface area contributed by atoms with E-state index in [1.165, 1.54) is 24.2 Å². The molecule has 0 saturated carbocycles. The van der Waals surface area contributed by atoms with Gasteiger partial charge in [-0.05, 0) is 31.0 Å². The molecule has 1 aromatic carbocycles. The number of hydrogen-bond donors (Lipinski definition) is 1. The summed E-state index contributed by atoms with van der Waals surface area (Å²) in [5.74, 6) is 1.88. The summed E-state index contributed by atoms with van der Waals surface area (Å²) in [5, 5.41) is 4.46. The number of hydrogen-bond acceptors (Lipinski definition) is 2. The number of rotatable bonds is 9. The molecule has 108 valence electrons. The minimum Gasteiger partial charge on any atom is -0.313 e. The standard InChI is InChI=1S/C16H26ClNS/c1-4-8-13(3)11-14(18-5-2)12-19-16-10-7-6-9-15(16)17/h6-7,9-10,13-14,18H,4-5,8,11-12H2,1-3H3. The topological polar surface area (TPSA) is 12.0 Å². The number of thioether (sulfide) groups is 1. The highest BCUT2D eigenvalue weighted by Gasteiger charge is 2.13. The van der Waals surface area contributed by atoms with Gasteiger partial charge in [-0.1, -0.05) is 57.3 Å². The van der Waals surface area contributed by atoms with Crippen molar-refractivity contribution >= 4 is 23.4 Å². The van der Waals surface area contributed by atoms with Gasteiger partial charge in [-0.25, -0.2) is 0 Å². The smallest absolute Gasteiger partial charge is 0.0541 e. The van der Waals surface area contributed by atoms with Gasteiger partial charge in [-0.15, -0.1) is 11.8 Å². The molecule has 1 nitrogen and oxygen atoms in total. The maximum atomic E-state index is 6.20. The molecule has 0 aromatic heterocycles. The van der Waals surface area contributed by atoms with Crippen LogP contribution in [0, 0.1) is 5.92 Å². The first kappa shape index (κ1) is 16.9. The monoisotopic (exact) mass is 299 g/mol. The molecule has 0 spiro atoms. The zero-order chi connectivity index (χ0) is 14.1. The molecule has 0 aliphatic carbocycles. The zero-order valence-corrected chi connectivity index (χ0v) is 13.9. The van der Waals surface area contributed by atoms with E-state index in [1.54, 1.807) is 0 Å². The molecule has 0 amide bonds. The summed E-state index contributed by atoms with van der Waals surface area (Å²) < 4.78 is 0. The third-order valence-corrected chi connectivity index (χ3v) is 4.92. The van der Waals surface area contributed by atoms with Crippen molar-refractivity contribution in [2.75, 3.05) is 12.3 Å². The second-order valence-corrected chi connectivity index (χ2v) is 6.59. The van der Waals surface area contributed by atoms with Gasteiger partial charge in [0.1, 0.15) is 0 Å². The Bertz CT molecular complexity index is 356. The molecule has 0 fully saturated rings. The average molecular weight is 300 g/mol. The van der Waals surface area contributed by atoms with Crippen LogP contribution in [0.1, 0.15) is 40.0 Å². The Labute approximate surface area is 127 Å². The van der Waals surface area contributed by atoms with Gasteiger partial charge in [0, 0.05) is 16.7 Å². The molecule has 0 saturated heterocycles. The lowest BCUT2D eigenvalue weighted by Crippen LogP contribution is -2.32. The van der Waals surface area contributed by atoms with Crippen molar-refractivity contribution in [3.8, 4) is 0 Å². The summed E-state index contributed by atoms with van der Waals surface area (Å²) >= 11 is 8.06. The van der Waals surface area contributed by atoms with E-state index in [9.17, 15) is 0 Å². The Hall–Kier alpha value is -0.180. The molecule has 0 radical (unpaired) electrons. The third kappa shape index (κ3) is 6.69. The molecule has 0 bridgehead atoms. The van der Waals surface area contributed by atoms with E-state index in [4.69, 9.17) is 11.6 Å². The highest BCUT2D eigenvalue weighted by atomic mass is 35.5. The Morgan fingerprint density at radius 1 is 1.26 bits per heavy atom. The number of nitrogens with one attached hydrogen (secondary N) is 1. The second kappa shape index (κ2) is 9.68. The molecule has 0 aliphatic heterocycles. The maximum Gasteiger partial charge on any atom is 0.0541 e. The van der Waals surface area contributed by atoms with Crippen LogP contribution in [0.25, 0.3) is 0 Å². The van der Waals surface area contributed by atoms with E-state index in [1.807, 2.05) is 23.9 Å². The lowest BCUT2D eigenvalue weighted by Gasteiger charge is -2.21. The molecular formula is C16H26ClNS. The van der Waals surface area contributed by atoms with E-state index in [-0.39, 0.29) is 0 Å². The molecule has 3 heteroatoms. The number of benzene rings is 1. The molecule has 1 N–H and O–H groups in total. The lowest BCUT2D eigenvalue weighted by atomic mass is 9.98. The van der Waals surface area contributed by atoms with Crippen molar-refractivity contribution in [2.24, 2.45) is 5.92 Å². The SMILES string of the molecule is CCCC(C)CC(CSc1ccccc1Cl)NCC. The summed E-state index contributed by atoms with van der Waals surface area (Å²) in [6.45, 7) is 7.83. The van der Waals surface area contributed by atoms with Gasteiger partial charge in [0.25, 0.3) is 0 Å². The van der Waals surface area contributed by atoms with Gasteiger partial charge >= 0.3 is 0 Å². The fraction of sp³-hybridized carbons (Fsp3) is 0.625. The first-order valence-electron chi connectivity index (χ1n) is 7.28. The molecule has 2 atom stereocenters. The van der Waals surface area contributed by atoms with Crippen LogP contribution in [0.15, 0.2) is 29.2 Å². The van der Waals surface area contributed by atoms with Crippen molar-refractivity contribution in [2.45, 2.75) is 51.0 Å². The van der Waals surface area contributed by atoms with Gasteiger partial charge < -0.3 is 5.32 Å². The third-order valence-electron chi connectivity index (χ3n) is 3.24. The molecule has 0 heterocycles. The number of halogens is 1. The molecule has 2 unspecified atom stereocenters. The molecule has 19 heavy (non-hydrogen) atoms. The van der Waals surface area contributed by atoms with Crippen molar-refractivity contribution < 1.29 is 0 Å². The summed E-state index contributed by atoms with van der Waals surface area (Å²) in [7, 11) is 0. The first-order chi connectivity index (χ1) is 9.17. The fourth-order valence-electron chi connectivity index (χ4n) is 2.35. The van der Waals surface area contributed by atoms with Gasteiger partial charge in [0.05, 0.1) is 5.02 Å². The van der Waals surface area contributed by atoms with E-state index in [2.05, 4.69) is 38.2 Å². The minimum absolute atomic E-state index is 0.577.